The number of nitrogens with zero attached hydrogens (tertiary/aromatic N) is 3. The fraction of sp³-hybridized carbons (Fsp3) is 0.200. The number of benzene rings is 2. The van der Waals surface area contributed by atoms with Gasteiger partial charge in [0.25, 0.3) is 5.56 Å². The lowest BCUT2D eigenvalue weighted by Crippen LogP contribution is -2.42. The molecule has 1 aliphatic rings. The van der Waals surface area contributed by atoms with Crippen molar-refractivity contribution in [1.29, 1.82) is 0 Å². The molecule has 0 radical (unpaired) electrons. The molecule has 0 fully saturated rings. The van der Waals surface area contributed by atoms with E-state index in [1.54, 1.807) is 4.57 Å². The third-order valence-corrected chi connectivity index (χ3v) is 5.55. The van der Waals surface area contributed by atoms with E-state index in [1.165, 1.54) is 11.3 Å². The highest BCUT2D eigenvalue weighted by atomic mass is 35.5. The monoisotopic (exact) mass is 399 g/mol. The Morgan fingerprint density at radius 2 is 1.93 bits per heavy atom. The molecule has 2 heterocycles. The highest BCUT2D eigenvalue weighted by Crippen LogP contribution is 2.20. The summed E-state index contributed by atoms with van der Waals surface area (Å²) in [5.41, 5.74) is 1.93. The zero-order chi connectivity index (χ0) is 18.8. The van der Waals surface area contributed by atoms with Crippen LogP contribution in [0.15, 0.2) is 58.3 Å². The highest BCUT2D eigenvalue weighted by Gasteiger charge is 2.16. The van der Waals surface area contributed by atoms with Crippen LogP contribution in [0.25, 0.3) is 6.08 Å². The molecule has 0 spiro atoms. The quantitative estimate of drug-likeness (QED) is 0.677. The molecule has 0 N–H and O–H groups in total. The molecule has 27 heavy (non-hydrogen) atoms. The Balaban J connectivity index is 1.63. The van der Waals surface area contributed by atoms with Crippen molar-refractivity contribution in [2.75, 3.05) is 18.2 Å². The molecule has 4 rings (SSSR count). The van der Waals surface area contributed by atoms with E-state index in [9.17, 15) is 4.79 Å². The summed E-state index contributed by atoms with van der Waals surface area (Å²) in [4.78, 5) is 20.2. The van der Waals surface area contributed by atoms with Crippen molar-refractivity contribution in [2.45, 2.75) is 13.6 Å². The van der Waals surface area contributed by atoms with E-state index in [-0.39, 0.29) is 5.56 Å². The van der Waals surface area contributed by atoms with Gasteiger partial charge in [0, 0.05) is 10.7 Å². The van der Waals surface area contributed by atoms with E-state index in [1.807, 2.05) is 61.5 Å². The largest absolute Gasteiger partial charge is 0.494 e. The Kier molecular flexibility index (Phi) is 5.01. The Morgan fingerprint density at radius 1 is 1.19 bits per heavy atom. The number of thiazole rings is 1. The van der Waals surface area contributed by atoms with Crippen molar-refractivity contribution in [3.63, 3.8) is 0 Å². The maximum atomic E-state index is 12.8. The van der Waals surface area contributed by atoms with Crippen LogP contribution in [0.4, 0.5) is 5.69 Å². The maximum absolute atomic E-state index is 12.8. The van der Waals surface area contributed by atoms with Crippen molar-refractivity contribution in [1.82, 2.24) is 4.57 Å². The van der Waals surface area contributed by atoms with Crippen molar-refractivity contribution < 1.29 is 4.74 Å². The van der Waals surface area contributed by atoms with Gasteiger partial charge in [-0.1, -0.05) is 35.1 Å². The Hall–Kier alpha value is -2.57. The summed E-state index contributed by atoms with van der Waals surface area (Å²) in [6.45, 7) is 3.60. The average Bonchev–Trinajstić information content (AvgIpc) is 3.00. The summed E-state index contributed by atoms with van der Waals surface area (Å²) in [6, 6.07) is 15.3. The standard InChI is InChI=1S/C20H18ClN3O2S/c1-2-26-17-9-7-16(8-10-17)23-12-22-20-24(13-23)19(25)18(27-20)11-14-3-5-15(21)6-4-14/h3-11H,2,12-13H2,1H3. The Bertz CT molecular complexity index is 1120. The summed E-state index contributed by atoms with van der Waals surface area (Å²) < 4.78 is 7.87. The first-order valence-electron chi connectivity index (χ1n) is 8.63. The van der Waals surface area contributed by atoms with Gasteiger partial charge in [0.15, 0.2) is 4.80 Å². The predicted octanol–water partition coefficient (Wildman–Crippen LogP) is 2.85. The maximum Gasteiger partial charge on any atom is 0.271 e. The molecule has 0 unspecified atom stereocenters. The highest BCUT2D eigenvalue weighted by molar-refractivity contribution is 7.07. The second-order valence-electron chi connectivity index (χ2n) is 6.09. The SMILES string of the molecule is CCOc1ccc(N2CN=c3sc(=Cc4ccc(Cl)cc4)c(=O)n3C2)cc1. The zero-order valence-electron chi connectivity index (χ0n) is 14.8. The molecule has 0 saturated carbocycles. The first-order valence-corrected chi connectivity index (χ1v) is 9.83. The number of halogens is 1. The minimum Gasteiger partial charge on any atom is -0.494 e. The minimum atomic E-state index is -0.0238. The fourth-order valence-corrected chi connectivity index (χ4v) is 3.99. The first kappa shape index (κ1) is 17.8. The first-order chi connectivity index (χ1) is 13.1. The third kappa shape index (κ3) is 3.77. The third-order valence-electron chi connectivity index (χ3n) is 4.26. The fourth-order valence-electron chi connectivity index (χ4n) is 2.91. The molecule has 0 amide bonds. The average molecular weight is 400 g/mol. The molecule has 3 aromatic rings. The van der Waals surface area contributed by atoms with E-state index in [4.69, 9.17) is 16.3 Å². The number of rotatable bonds is 4. The number of ether oxygens (including phenoxy) is 1. The summed E-state index contributed by atoms with van der Waals surface area (Å²) in [7, 11) is 0. The smallest absolute Gasteiger partial charge is 0.271 e. The van der Waals surface area contributed by atoms with Gasteiger partial charge in [-0.05, 0) is 55.0 Å². The molecule has 0 atom stereocenters. The van der Waals surface area contributed by atoms with Gasteiger partial charge in [-0.2, -0.15) is 0 Å². The second kappa shape index (κ2) is 7.58. The number of aromatic nitrogens is 1. The summed E-state index contributed by atoms with van der Waals surface area (Å²) in [5.74, 6) is 0.837. The van der Waals surface area contributed by atoms with Gasteiger partial charge in [-0.3, -0.25) is 9.36 Å². The molecule has 7 heteroatoms. The van der Waals surface area contributed by atoms with Crippen LogP contribution < -0.4 is 24.5 Å². The summed E-state index contributed by atoms with van der Waals surface area (Å²) in [5, 5.41) is 0.676. The van der Waals surface area contributed by atoms with E-state index in [2.05, 4.69) is 9.89 Å². The topological polar surface area (TPSA) is 46.8 Å². The summed E-state index contributed by atoms with van der Waals surface area (Å²) >= 11 is 7.34. The lowest BCUT2D eigenvalue weighted by molar-refractivity contribution is 0.340. The van der Waals surface area contributed by atoms with Crippen LogP contribution in [0.1, 0.15) is 12.5 Å². The molecule has 0 bridgehead atoms. The lowest BCUT2D eigenvalue weighted by Gasteiger charge is -2.25. The molecule has 138 valence electrons. The van der Waals surface area contributed by atoms with Gasteiger partial charge in [0.05, 0.1) is 11.1 Å². The van der Waals surface area contributed by atoms with Crippen molar-refractivity contribution in [3.8, 4) is 5.75 Å². The van der Waals surface area contributed by atoms with Gasteiger partial charge in [-0.15, -0.1) is 0 Å². The van der Waals surface area contributed by atoms with Crippen LogP contribution in [-0.2, 0) is 6.67 Å². The van der Waals surface area contributed by atoms with Crippen LogP contribution in [0, 0.1) is 0 Å². The Labute approximate surface area is 165 Å². The lowest BCUT2D eigenvalue weighted by atomic mass is 10.2. The van der Waals surface area contributed by atoms with E-state index < -0.39 is 0 Å². The normalized spacial score (nSPS) is 14.0. The molecule has 1 aliphatic heterocycles. The van der Waals surface area contributed by atoms with E-state index in [0.29, 0.717) is 29.5 Å². The van der Waals surface area contributed by atoms with E-state index in [0.717, 1.165) is 21.8 Å². The Morgan fingerprint density at radius 3 is 2.63 bits per heavy atom. The van der Waals surface area contributed by atoms with Crippen LogP contribution >= 0.6 is 22.9 Å². The molecule has 2 aromatic carbocycles. The van der Waals surface area contributed by atoms with Crippen LogP contribution in [0.2, 0.25) is 5.02 Å². The minimum absolute atomic E-state index is 0.0238. The van der Waals surface area contributed by atoms with Gasteiger partial charge < -0.3 is 9.64 Å². The van der Waals surface area contributed by atoms with Crippen LogP contribution in [-0.4, -0.2) is 17.8 Å². The molecule has 5 nitrogen and oxygen atoms in total. The zero-order valence-corrected chi connectivity index (χ0v) is 16.3. The van der Waals surface area contributed by atoms with Gasteiger partial charge in [0.2, 0.25) is 0 Å². The molecule has 0 aliphatic carbocycles. The van der Waals surface area contributed by atoms with Crippen LogP contribution in [0.5, 0.6) is 5.75 Å². The van der Waals surface area contributed by atoms with Crippen molar-refractivity contribution >= 4 is 34.7 Å². The molecular formula is C20H18ClN3O2S. The number of fused-ring (bicyclic) bond motifs is 1. The second-order valence-corrected chi connectivity index (χ2v) is 7.53. The number of anilines is 1. The number of hydrogen-bond donors (Lipinski definition) is 0. The van der Waals surface area contributed by atoms with Gasteiger partial charge in [-0.25, -0.2) is 4.99 Å². The van der Waals surface area contributed by atoms with Gasteiger partial charge in [0.1, 0.15) is 19.1 Å². The molecule has 1 aromatic heterocycles. The van der Waals surface area contributed by atoms with Crippen molar-refractivity contribution in [3.05, 3.63) is 78.8 Å². The van der Waals surface area contributed by atoms with E-state index >= 15 is 0 Å². The van der Waals surface area contributed by atoms with Crippen LogP contribution in [0.3, 0.4) is 0 Å². The number of hydrogen-bond acceptors (Lipinski definition) is 5. The van der Waals surface area contributed by atoms with Crippen molar-refractivity contribution in [2.24, 2.45) is 4.99 Å². The van der Waals surface area contributed by atoms with Gasteiger partial charge >= 0.3 is 0 Å². The molecule has 0 saturated heterocycles. The summed E-state index contributed by atoms with van der Waals surface area (Å²) in [6.07, 6.45) is 1.88. The molecular weight excluding hydrogens is 382 g/mol. The predicted molar refractivity (Wildman–Crippen MR) is 109 cm³/mol.